The van der Waals surface area contributed by atoms with E-state index < -0.39 is 0 Å². The lowest BCUT2D eigenvalue weighted by atomic mass is 9.87. The van der Waals surface area contributed by atoms with Crippen molar-refractivity contribution in [1.82, 2.24) is 14.9 Å². The monoisotopic (exact) mass is 505 g/mol. The molecule has 2 aromatic carbocycles. The molecular formula is C31H43N3O3. The average Bonchev–Trinajstić information content (AvgIpc) is 3.54. The largest absolute Gasteiger partial charge is 0.494 e. The quantitative estimate of drug-likeness (QED) is 0.281. The van der Waals surface area contributed by atoms with E-state index in [1.54, 1.807) is 0 Å². The van der Waals surface area contributed by atoms with Crippen LogP contribution in [0.1, 0.15) is 77.1 Å². The van der Waals surface area contributed by atoms with E-state index in [2.05, 4.69) is 79.2 Å². The summed E-state index contributed by atoms with van der Waals surface area (Å²) in [5, 5.41) is 3.02. The van der Waals surface area contributed by atoms with Crippen LogP contribution >= 0.6 is 0 Å². The Morgan fingerprint density at radius 1 is 1.05 bits per heavy atom. The van der Waals surface area contributed by atoms with Crippen molar-refractivity contribution in [2.24, 2.45) is 0 Å². The van der Waals surface area contributed by atoms with Gasteiger partial charge in [0.05, 0.1) is 17.6 Å². The molecule has 1 aliphatic rings. The van der Waals surface area contributed by atoms with Gasteiger partial charge in [-0.1, -0.05) is 51.5 Å². The summed E-state index contributed by atoms with van der Waals surface area (Å²) in [5.74, 6) is 2.14. The Kier molecular flexibility index (Phi) is 9.62. The van der Waals surface area contributed by atoms with Crippen LogP contribution < -0.4 is 10.1 Å². The van der Waals surface area contributed by atoms with E-state index in [-0.39, 0.29) is 17.4 Å². The highest BCUT2D eigenvalue weighted by Gasteiger charge is 2.22. The van der Waals surface area contributed by atoms with Gasteiger partial charge in [-0.05, 0) is 73.8 Å². The van der Waals surface area contributed by atoms with E-state index in [4.69, 9.17) is 14.5 Å². The topological polar surface area (TPSA) is 65.4 Å². The predicted octanol–water partition coefficient (Wildman–Crippen LogP) is 6.20. The van der Waals surface area contributed by atoms with Crippen LogP contribution in [-0.2, 0) is 27.9 Å². The molecule has 0 saturated carbocycles. The maximum Gasteiger partial charge on any atom is 0.249 e. The summed E-state index contributed by atoms with van der Waals surface area (Å²) >= 11 is 0. The number of carbonyl (C=O) groups excluding carboxylic acids is 1. The Morgan fingerprint density at radius 3 is 2.62 bits per heavy atom. The molecule has 0 bridgehead atoms. The van der Waals surface area contributed by atoms with Crippen molar-refractivity contribution in [3.63, 3.8) is 0 Å². The molecule has 0 aliphatic carbocycles. The van der Waals surface area contributed by atoms with Gasteiger partial charge < -0.3 is 19.4 Å². The van der Waals surface area contributed by atoms with Crippen LogP contribution in [0.25, 0.3) is 11.0 Å². The number of aromatic nitrogens is 2. The molecule has 37 heavy (non-hydrogen) atoms. The molecule has 1 N–H and O–H groups in total. The van der Waals surface area contributed by atoms with E-state index in [1.165, 1.54) is 11.1 Å². The van der Waals surface area contributed by atoms with Crippen molar-refractivity contribution in [3.05, 3.63) is 59.9 Å². The van der Waals surface area contributed by atoms with Crippen molar-refractivity contribution in [3.8, 4) is 5.75 Å². The van der Waals surface area contributed by atoms with Gasteiger partial charge in [0.2, 0.25) is 5.91 Å². The number of rotatable bonds is 13. The first-order valence-corrected chi connectivity index (χ1v) is 14.0. The van der Waals surface area contributed by atoms with Gasteiger partial charge >= 0.3 is 0 Å². The maximum atomic E-state index is 12.1. The number of carbonyl (C=O) groups is 1. The van der Waals surface area contributed by atoms with Crippen LogP contribution in [0.15, 0.2) is 48.5 Å². The summed E-state index contributed by atoms with van der Waals surface area (Å²) in [5.41, 5.74) is 3.75. The molecule has 200 valence electrons. The van der Waals surface area contributed by atoms with Gasteiger partial charge in [0, 0.05) is 26.1 Å². The molecule has 1 atom stereocenters. The zero-order valence-electron chi connectivity index (χ0n) is 22.8. The fraction of sp³-hybridized carbons (Fsp3) is 0.548. The summed E-state index contributed by atoms with van der Waals surface area (Å²) < 4.78 is 13.8. The van der Waals surface area contributed by atoms with E-state index in [9.17, 15) is 4.79 Å². The first-order valence-electron chi connectivity index (χ1n) is 14.0. The number of hydrogen-bond acceptors (Lipinski definition) is 4. The fourth-order valence-electron chi connectivity index (χ4n) is 4.87. The summed E-state index contributed by atoms with van der Waals surface area (Å²) in [6.45, 7) is 9.76. The van der Waals surface area contributed by atoms with Crippen LogP contribution in [0.4, 0.5) is 0 Å². The van der Waals surface area contributed by atoms with Crippen LogP contribution in [0.3, 0.4) is 0 Å². The first kappa shape index (κ1) is 27.2. The molecule has 0 spiro atoms. The van der Waals surface area contributed by atoms with Gasteiger partial charge in [0.1, 0.15) is 17.7 Å². The van der Waals surface area contributed by atoms with Gasteiger partial charge in [-0.2, -0.15) is 0 Å². The van der Waals surface area contributed by atoms with Crippen LogP contribution in [-0.4, -0.2) is 41.3 Å². The van der Waals surface area contributed by atoms with Gasteiger partial charge in [-0.25, -0.2) is 4.98 Å². The minimum absolute atomic E-state index is 0.0465. The van der Waals surface area contributed by atoms with Crippen molar-refractivity contribution in [1.29, 1.82) is 0 Å². The zero-order chi connectivity index (χ0) is 26.1. The standard InChI is InChI=1S/C31H43N3O3/c1-31(2,3)24-16-18-25(19-17-24)36-22-10-9-21-34-27-13-7-6-12-26(27)33-29(34)15-5-4-8-20-32-30(35)28-14-11-23-37-28/h6-7,12-13,16-19,28H,4-5,8-11,14-15,20-23H2,1-3H3,(H,32,35). The van der Waals surface area contributed by atoms with E-state index in [1.807, 2.05) is 0 Å². The van der Waals surface area contributed by atoms with Crippen LogP contribution in [0.2, 0.25) is 0 Å². The molecule has 6 heteroatoms. The number of unbranched alkanes of at least 4 members (excludes halogenated alkanes) is 3. The summed E-state index contributed by atoms with van der Waals surface area (Å²) in [4.78, 5) is 17.0. The second-order valence-corrected chi connectivity index (χ2v) is 11.1. The smallest absolute Gasteiger partial charge is 0.249 e. The first-order chi connectivity index (χ1) is 17.9. The fourth-order valence-corrected chi connectivity index (χ4v) is 4.87. The molecular weight excluding hydrogens is 462 g/mol. The molecule has 4 rings (SSSR count). The molecule has 2 heterocycles. The Hall–Kier alpha value is -2.86. The molecule has 1 aliphatic heterocycles. The maximum absolute atomic E-state index is 12.1. The van der Waals surface area contributed by atoms with E-state index >= 15 is 0 Å². The third-order valence-electron chi connectivity index (χ3n) is 7.10. The molecule has 1 aromatic heterocycles. The highest BCUT2D eigenvalue weighted by molar-refractivity contribution is 5.80. The molecule has 6 nitrogen and oxygen atoms in total. The second kappa shape index (κ2) is 13.1. The van der Waals surface area contributed by atoms with Gasteiger partial charge in [-0.15, -0.1) is 0 Å². The SMILES string of the molecule is CC(C)(C)c1ccc(OCCCCn2c(CCCCCNC(=O)C3CCCO3)nc3ccccc32)cc1. The number of fused-ring (bicyclic) bond motifs is 1. The number of para-hydroxylation sites is 2. The number of nitrogens with zero attached hydrogens (tertiary/aromatic N) is 2. The third kappa shape index (κ3) is 7.81. The van der Waals surface area contributed by atoms with E-state index in [0.29, 0.717) is 19.8 Å². The highest BCUT2D eigenvalue weighted by Crippen LogP contribution is 2.24. The number of ether oxygens (including phenoxy) is 2. The number of imidazole rings is 1. The van der Waals surface area contributed by atoms with Gasteiger partial charge in [-0.3, -0.25) is 4.79 Å². The predicted molar refractivity (Wildman–Crippen MR) is 149 cm³/mol. The normalized spacial score (nSPS) is 15.8. The summed E-state index contributed by atoms with van der Waals surface area (Å²) in [7, 11) is 0. The van der Waals surface area contributed by atoms with E-state index in [0.717, 1.165) is 75.0 Å². The van der Waals surface area contributed by atoms with Crippen molar-refractivity contribution < 1.29 is 14.3 Å². The molecule has 0 radical (unpaired) electrons. The van der Waals surface area contributed by atoms with Crippen molar-refractivity contribution >= 4 is 16.9 Å². The lowest BCUT2D eigenvalue weighted by Gasteiger charge is -2.19. The second-order valence-electron chi connectivity index (χ2n) is 11.1. The Bertz CT molecular complexity index is 1120. The zero-order valence-corrected chi connectivity index (χ0v) is 22.8. The molecule has 1 unspecified atom stereocenters. The van der Waals surface area contributed by atoms with Gasteiger partial charge in [0.15, 0.2) is 0 Å². The molecule has 3 aromatic rings. The lowest BCUT2D eigenvalue weighted by molar-refractivity contribution is -0.130. The summed E-state index contributed by atoms with van der Waals surface area (Å²) in [6.07, 6.45) is 7.69. The van der Waals surface area contributed by atoms with Crippen molar-refractivity contribution in [2.45, 2.75) is 90.2 Å². The molecule has 1 fully saturated rings. The molecule has 1 amide bonds. The Morgan fingerprint density at radius 2 is 1.86 bits per heavy atom. The Labute approximate surface area is 221 Å². The van der Waals surface area contributed by atoms with Crippen molar-refractivity contribution in [2.75, 3.05) is 19.8 Å². The van der Waals surface area contributed by atoms with Crippen LogP contribution in [0.5, 0.6) is 5.75 Å². The van der Waals surface area contributed by atoms with Gasteiger partial charge in [0.25, 0.3) is 0 Å². The number of hydrogen-bond donors (Lipinski definition) is 1. The number of aryl methyl sites for hydroxylation is 2. The minimum atomic E-state index is -0.237. The number of amides is 1. The number of benzene rings is 2. The number of nitrogens with one attached hydrogen (secondary N) is 1. The third-order valence-corrected chi connectivity index (χ3v) is 7.10. The lowest BCUT2D eigenvalue weighted by Crippen LogP contribution is -2.34. The highest BCUT2D eigenvalue weighted by atomic mass is 16.5. The Balaban J connectivity index is 1.20. The summed E-state index contributed by atoms with van der Waals surface area (Å²) in [6, 6.07) is 16.9. The average molecular weight is 506 g/mol. The van der Waals surface area contributed by atoms with Crippen LogP contribution in [0, 0.1) is 0 Å². The minimum Gasteiger partial charge on any atom is -0.494 e. The molecule has 1 saturated heterocycles.